The molecule has 0 spiro atoms. The van der Waals surface area contributed by atoms with Crippen molar-refractivity contribution in [3.05, 3.63) is 59.7 Å². The van der Waals surface area contributed by atoms with Crippen LogP contribution in [0.5, 0.6) is 0 Å². The standard InChI is InChI=1S/C20H24N2O3S/c1-26(24,25)15-16-5-7-17(8-6-16)20(23)21-18-9-11-19(12-10-18)22-13-3-2-4-14-22/h5-12H,2-4,13-15H2,1H3,(H,21,23). The minimum Gasteiger partial charge on any atom is -0.372 e. The molecule has 1 amide bonds. The highest BCUT2D eigenvalue weighted by atomic mass is 32.2. The lowest BCUT2D eigenvalue weighted by atomic mass is 10.1. The van der Waals surface area contributed by atoms with Crippen molar-refractivity contribution in [1.82, 2.24) is 0 Å². The molecule has 6 heteroatoms. The van der Waals surface area contributed by atoms with Gasteiger partial charge in [-0.3, -0.25) is 4.79 Å². The van der Waals surface area contributed by atoms with E-state index in [0.717, 1.165) is 18.8 Å². The Morgan fingerprint density at radius 1 is 0.962 bits per heavy atom. The molecule has 5 nitrogen and oxygen atoms in total. The number of carbonyl (C=O) groups excluding carboxylic acids is 1. The van der Waals surface area contributed by atoms with Crippen molar-refractivity contribution in [2.45, 2.75) is 25.0 Å². The van der Waals surface area contributed by atoms with E-state index < -0.39 is 9.84 Å². The maximum absolute atomic E-state index is 12.4. The van der Waals surface area contributed by atoms with Crippen LogP contribution >= 0.6 is 0 Å². The van der Waals surface area contributed by atoms with Crippen LogP contribution in [-0.2, 0) is 15.6 Å². The van der Waals surface area contributed by atoms with Gasteiger partial charge in [0.1, 0.15) is 0 Å². The van der Waals surface area contributed by atoms with Gasteiger partial charge in [-0.05, 0) is 61.2 Å². The van der Waals surface area contributed by atoms with Gasteiger partial charge >= 0.3 is 0 Å². The van der Waals surface area contributed by atoms with Gasteiger partial charge in [0.25, 0.3) is 5.91 Å². The summed E-state index contributed by atoms with van der Waals surface area (Å²) in [4.78, 5) is 14.7. The van der Waals surface area contributed by atoms with Crippen molar-refractivity contribution in [3.63, 3.8) is 0 Å². The Labute approximate surface area is 154 Å². The van der Waals surface area contributed by atoms with Crippen LogP contribution < -0.4 is 10.2 Å². The predicted molar refractivity (Wildman–Crippen MR) is 105 cm³/mol. The van der Waals surface area contributed by atoms with Gasteiger partial charge in [-0.25, -0.2) is 8.42 Å². The van der Waals surface area contributed by atoms with Gasteiger partial charge in [-0.2, -0.15) is 0 Å². The lowest BCUT2D eigenvalue weighted by Gasteiger charge is -2.28. The lowest BCUT2D eigenvalue weighted by molar-refractivity contribution is 0.102. The average Bonchev–Trinajstić information content (AvgIpc) is 2.62. The number of amides is 1. The molecule has 1 N–H and O–H groups in total. The monoisotopic (exact) mass is 372 g/mol. The summed E-state index contributed by atoms with van der Waals surface area (Å²) in [6.45, 7) is 2.18. The van der Waals surface area contributed by atoms with Gasteiger partial charge in [-0.15, -0.1) is 0 Å². The van der Waals surface area contributed by atoms with Crippen LogP contribution in [0.15, 0.2) is 48.5 Å². The van der Waals surface area contributed by atoms with Crippen molar-refractivity contribution >= 4 is 27.1 Å². The first-order valence-corrected chi connectivity index (χ1v) is 10.9. The van der Waals surface area contributed by atoms with Gasteiger partial charge in [0, 0.05) is 36.3 Å². The molecule has 1 aliphatic heterocycles. The second-order valence-corrected chi connectivity index (χ2v) is 8.96. The minimum atomic E-state index is -3.08. The Balaban J connectivity index is 1.62. The third-order valence-corrected chi connectivity index (χ3v) is 5.35. The molecular formula is C20H24N2O3S. The fourth-order valence-electron chi connectivity index (χ4n) is 3.17. The van der Waals surface area contributed by atoms with Crippen molar-refractivity contribution in [2.75, 3.05) is 29.6 Å². The molecule has 0 saturated carbocycles. The molecule has 3 rings (SSSR count). The number of hydrogen-bond acceptors (Lipinski definition) is 4. The highest BCUT2D eigenvalue weighted by molar-refractivity contribution is 7.89. The Morgan fingerprint density at radius 2 is 1.58 bits per heavy atom. The second kappa shape index (κ2) is 7.91. The van der Waals surface area contributed by atoms with Gasteiger partial charge in [0.05, 0.1) is 5.75 Å². The number of piperidine rings is 1. The van der Waals surface area contributed by atoms with Crippen molar-refractivity contribution in [3.8, 4) is 0 Å². The molecular weight excluding hydrogens is 348 g/mol. The average molecular weight is 372 g/mol. The lowest BCUT2D eigenvalue weighted by Crippen LogP contribution is -2.29. The van der Waals surface area contributed by atoms with Crippen LogP contribution in [0.25, 0.3) is 0 Å². The summed E-state index contributed by atoms with van der Waals surface area (Å²) in [6, 6.07) is 14.6. The van der Waals surface area contributed by atoms with Gasteiger partial charge < -0.3 is 10.2 Å². The molecule has 2 aromatic rings. The van der Waals surface area contributed by atoms with E-state index in [-0.39, 0.29) is 11.7 Å². The van der Waals surface area contributed by atoms with E-state index in [1.54, 1.807) is 24.3 Å². The Morgan fingerprint density at radius 3 is 2.15 bits per heavy atom. The zero-order valence-electron chi connectivity index (χ0n) is 14.9. The highest BCUT2D eigenvalue weighted by Crippen LogP contribution is 2.22. The molecule has 1 saturated heterocycles. The number of anilines is 2. The Kier molecular flexibility index (Phi) is 5.61. The van der Waals surface area contributed by atoms with E-state index in [1.165, 1.54) is 31.2 Å². The first kappa shape index (κ1) is 18.5. The molecule has 0 bridgehead atoms. The first-order valence-electron chi connectivity index (χ1n) is 8.84. The predicted octanol–water partition coefficient (Wildman–Crippen LogP) is 3.47. The molecule has 138 valence electrons. The molecule has 0 aliphatic carbocycles. The molecule has 1 heterocycles. The topological polar surface area (TPSA) is 66.5 Å². The summed E-state index contributed by atoms with van der Waals surface area (Å²) in [5, 5.41) is 2.88. The number of nitrogens with zero attached hydrogens (tertiary/aromatic N) is 1. The van der Waals surface area contributed by atoms with E-state index in [0.29, 0.717) is 11.1 Å². The van der Waals surface area contributed by atoms with E-state index in [4.69, 9.17) is 0 Å². The van der Waals surface area contributed by atoms with Crippen LogP contribution in [0.2, 0.25) is 0 Å². The Hall–Kier alpha value is -2.34. The largest absolute Gasteiger partial charge is 0.372 e. The third-order valence-electron chi connectivity index (χ3n) is 4.49. The summed E-state index contributed by atoms with van der Waals surface area (Å²) in [5.74, 6) is -0.228. The summed E-state index contributed by atoms with van der Waals surface area (Å²) in [7, 11) is -3.08. The van der Waals surface area contributed by atoms with Crippen LogP contribution in [0.4, 0.5) is 11.4 Å². The van der Waals surface area contributed by atoms with Crippen molar-refractivity contribution < 1.29 is 13.2 Å². The summed E-state index contributed by atoms with van der Waals surface area (Å²) < 4.78 is 22.6. The highest BCUT2D eigenvalue weighted by Gasteiger charge is 2.12. The number of rotatable bonds is 5. The maximum Gasteiger partial charge on any atom is 0.255 e. The van der Waals surface area contributed by atoms with E-state index in [9.17, 15) is 13.2 Å². The first-order chi connectivity index (χ1) is 12.4. The van der Waals surface area contributed by atoms with Gasteiger partial charge in [-0.1, -0.05) is 12.1 Å². The quantitative estimate of drug-likeness (QED) is 0.873. The van der Waals surface area contributed by atoms with Crippen molar-refractivity contribution in [2.24, 2.45) is 0 Å². The molecule has 0 radical (unpaired) electrons. The minimum absolute atomic E-state index is 0.0210. The fourth-order valence-corrected chi connectivity index (χ4v) is 3.96. The number of sulfone groups is 1. The number of benzene rings is 2. The van der Waals surface area contributed by atoms with E-state index >= 15 is 0 Å². The molecule has 1 fully saturated rings. The van der Waals surface area contributed by atoms with Crippen molar-refractivity contribution in [1.29, 1.82) is 0 Å². The Bertz CT molecular complexity index is 853. The summed E-state index contributed by atoms with van der Waals surface area (Å²) in [5.41, 5.74) is 3.11. The zero-order valence-corrected chi connectivity index (χ0v) is 15.8. The number of carbonyl (C=O) groups is 1. The van der Waals surface area contributed by atoms with Gasteiger partial charge in [0.15, 0.2) is 9.84 Å². The molecule has 2 aromatic carbocycles. The van der Waals surface area contributed by atoms with Crippen LogP contribution in [0.3, 0.4) is 0 Å². The smallest absolute Gasteiger partial charge is 0.255 e. The molecule has 1 aliphatic rings. The molecule has 26 heavy (non-hydrogen) atoms. The van der Waals surface area contributed by atoms with Gasteiger partial charge in [0.2, 0.25) is 0 Å². The summed E-state index contributed by atoms with van der Waals surface area (Å²) >= 11 is 0. The molecule has 0 atom stereocenters. The zero-order chi connectivity index (χ0) is 18.6. The number of nitrogens with one attached hydrogen (secondary N) is 1. The second-order valence-electron chi connectivity index (χ2n) is 6.82. The SMILES string of the molecule is CS(=O)(=O)Cc1ccc(C(=O)Nc2ccc(N3CCCCC3)cc2)cc1. The normalized spacial score (nSPS) is 14.9. The maximum atomic E-state index is 12.4. The summed E-state index contributed by atoms with van der Waals surface area (Å²) in [6.07, 6.45) is 4.95. The molecule has 0 unspecified atom stereocenters. The fraction of sp³-hybridized carbons (Fsp3) is 0.350. The third kappa shape index (κ3) is 5.08. The van der Waals surface area contributed by atoms with E-state index in [1.807, 2.05) is 24.3 Å². The molecule has 0 aromatic heterocycles. The number of hydrogen-bond donors (Lipinski definition) is 1. The van der Waals surface area contributed by atoms with Crippen LogP contribution in [0, 0.1) is 0 Å². The van der Waals surface area contributed by atoms with E-state index in [2.05, 4.69) is 10.2 Å². The van der Waals surface area contributed by atoms with Crippen LogP contribution in [0.1, 0.15) is 35.2 Å². The van der Waals surface area contributed by atoms with Crippen LogP contribution in [-0.4, -0.2) is 33.7 Å².